The molecular formula is C14H17NO2. The minimum Gasteiger partial charge on any atom is -0.496 e. The Morgan fingerprint density at radius 1 is 1.18 bits per heavy atom. The molecule has 0 N–H and O–H groups in total. The molecule has 2 aromatic rings. The van der Waals surface area contributed by atoms with Gasteiger partial charge in [-0.25, -0.2) is 0 Å². The Kier molecular flexibility index (Phi) is 2.92. The van der Waals surface area contributed by atoms with Crippen molar-refractivity contribution in [2.24, 2.45) is 0 Å². The molecule has 3 nitrogen and oxygen atoms in total. The molecule has 0 bridgehead atoms. The fourth-order valence-electron chi connectivity index (χ4n) is 1.72. The van der Waals surface area contributed by atoms with Crippen LogP contribution in [0.2, 0.25) is 0 Å². The van der Waals surface area contributed by atoms with Gasteiger partial charge in [-0.15, -0.1) is 0 Å². The minimum atomic E-state index is 0.0983. The maximum absolute atomic E-state index is 5.35. The molecule has 1 heterocycles. The topological polar surface area (TPSA) is 35.3 Å². The van der Waals surface area contributed by atoms with Gasteiger partial charge in [0.25, 0.3) is 0 Å². The van der Waals surface area contributed by atoms with E-state index in [9.17, 15) is 0 Å². The van der Waals surface area contributed by atoms with Gasteiger partial charge in [0.2, 0.25) is 0 Å². The summed E-state index contributed by atoms with van der Waals surface area (Å²) in [4.78, 5) is 0. The van der Waals surface area contributed by atoms with E-state index in [1.807, 2.05) is 12.1 Å². The molecule has 1 aromatic heterocycles. The zero-order valence-corrected chi connectivity index (χ0v) is 10.7. The monoisotopic (exact) mass is 231 g/mol. The van der Waals surface area contributed by atoms with Gasteiger partial charge in [-0.3, -0.25) is 0 Å². The molecule has 0 saturated heterocycles. The predicted molar refractivity (Wildman–Crippen MR) is 67.2 cm³/mol. The van der Waals surface area contributed by atoms with Crippen molar-refractivity contribution in [3.8, 4) is 17.1 Å². The molecular weight excluding hydrogens is 214 g/mol. The summed E-state index contributed by atoms with van der Waals surface area (Å²) in [5.41, 5.74) is 2.28. The predicted octanol–water partition coefficient (Wildman–Crippen LogP) is 3.65. The molecule has 0 fully saturated rings. The number of aromatic nitrogens is 1. The molecule has 3 heteroatoms. The van der Waals surface area contributed by atoms with Gasteiger partial charge in [-0.05, 0) is 23.1 Å². The number of hydrogen-bond acceptors (Lipinski definition) is 3. The van der Waals surface area contributed by atoms with Gasteiger partial charge in [0.05, 0.1) is 18.9 Å². The highest BCUT2D eigenvalue weighted by atomic mass is 16.5. The van der Waals surface area contributed by atoms with Crippen LogP contribution in [0.3, 0.4) is 0 Å². The molecule has 0 saturated carbocycles. The Labute approximate surface area is 101 Å². The van der Waals surface area contributed by atoms with Gasteiger partial charge in [0, 0.05) is 6.07 Å². The van der Waals surface area contributed by atoms with Crippen LogP contribution in [-0.4, -0.2) is 12.3 Å². The number of nitrogens with zero attached hydrogens (tertiary/aromatic N) is 1. The summed E-state index contributed by atoms with van der Waals surface area (Å²) in [6.45, 7) is 6.54. The van der Waals surface area contributed by atoms with E-state index >= 15 is 0 Å². The number of rotatable bonds is 2. The first-order valence-electron chi connectivity index (χ1n) is 5.62. The number of benzene rings is 1. The molecule has 0 aliphatic heterocycles. The lowest BCUT2D eigenvalue weighted by molar-refractivity contribution is 0.405. The van der Waals surface area contributed by atoms with Gasteiger partial charge >= 0.3 is 0 Å². The van der Waals surface area contributed by atoms with Crippen molar-refractivity contribution < 1.29 is 9.26 Å². The molecule has 0 aliphatic rings. The van der Waals surface area contributed by atoms with E-state index in [1.54, 1.807) is 13.3 Å². The lowest BCUT2D eigenvalue weighted by Crippen LogP contribution is -2.11. The smallest absolute Gasteiger partial charge is 0.170 e. The second-order valence-corrected chi connectivity index (χ2v) is 5.04. The van der Waals surface area contributed by atoms with Gasteiger partial charge in [-0.1, -0.05) is 32.0 Å². The summed E-state index contributed by atoms with van der Waals surface area (Å²) >= 11 is 0. The molecule has 1 aromatic carbocycles. The highest BCUT2D eigenvalue weighted by molar-refractivity contribution is 5.66. The standard InChI is InChI=1S/C14H17NO2/c1-14(2,3)10-5-6-12(16-4)11(9-10)13-7-8-15-17-13/h5-9H,1-4H3. The third-order valence-corrected chi connectivity index (χ3v) is 2.77. The maximum Gasteiger partial charge on any atom is 0.170 e. The molecule has 0 unspecified atom stereocenters. The third kappa shape index (κ3) is 2.33. The molecule has 17 heavy (non-hydrogen) atoms. The van der Waals surface area contributed by atoms with Crippen molar-refractivity contribution in [3.63, 3.8) is 0 Å². The largest absolute Gasteiger partial charge is 0.496 e. The summed E-state index contributed by atoms with van der Waals surface area (Å²) in [6.07, 6.45) is 1.64. The second kappa shape index (κ2) is 4.24. The Hall–Kier alpha value is -1.77. The van der Waals surface area contributed by atoms with Crippen LogP contribution >= 0.6 is 0 Å². The van der Waals surface area contributed by atoms with Gasteiger partial charge in [0.15, 0.2) is 5.76 Å². The van der Waals surface area contributed by atoms with Crippen LogP contribution in [0.4, 0.5) is 0 Å². The highest BCUT2D eigenvalue weighted by Crippen LogP contribution is 2.34. The number of hydrogen-bond donors (Lipinski definition) is 0. The van der Waals surface area contributed by atoms with Gasteiger partial charge in [-0.2, -0.15) is 0 Å². The van der Waals surface area contributed by atoms with E-state index in [1.165, 1.54) is 5.56 Å². The van der Waals surface area contributed by atoms with Crippen molar-refractivity contribution in [1.29, 1.82) is 0 Å². The normalized spacial score (nSPS) is 11.5. The molecule has 2 rings (SSSR count). The molecule has 90 valence electrons. The third-order valence-electron chi connectivity index (χ3n) is 2.77. The fraction of sp³-hybridized carbons (Fsp3) is 0.357. The lowest BCUT2D eigenvalue weighted by atomic mass is 9.86. The summed E-state index contributed by atoms with van der Waals surface area (Å²) < 4.78 is 10.5. The van der Waals surface area contributed by atoms with Crippen molar-refractivity contribution in [1.82, 2.24) is 5.16 Å². The first-order valence-corrected chi connectivity index (χ1v) is 5.62. The SMILES string of the molecule is COc1ccc(C(C)(C)C)cc1-c1ccno1. The molecule has 0 spiro atoms. The lowest BCUT2D eigenvalue weighted by Gasteiger charge is -2.20. The van der Waals surface area contributed by atoms with Crippen molar-refractivity contribution in [3.05, 3.63) is 36.0 Å². The van der Waals surface area contributed by atoms with E-state index < -0.39 is 0 Å². The van der Waals surface area contributed by atoms with E-state index in [4.69, 9.17) is 9.26 Å². The quantitative estimate of drug-likeness (QED) is 0.791. The molecule has 0 atom stereocenters. The second-order valence-electron chi connectivity index (χ2n) is 5.04. The zero-order chi connectivity index (χ0) is 12.5. The van der Waals surface area contributed by atoms with Crippen LogP contribution in [0.1, 0.15) is 26.3 Å². The van der Waals surface area contributed by atoms with Crippen LogP contribution < -0.4 is 4.74 Å². The summed E-state index contributed by atoms with van der Waals surface area (Å²) in [7, 11) is 1.66. The van der Waals surface area contributed by atoms with E-state index in [0.29, 0.717) is 0 Å². The number of methoxy groups -OCH3 is 1. The minimum absolute atomic E-state index is 0.0983. The fourth-order valence-corrected chi connectivity index (χ4v) is 1.72. The van der Waals surface area contributed by atoms with Crippen LogP contribution in [0, 0.1) is 0 Å². The summed E-state index contributed by atoms with van der Waals surface area (Å²) in [5, 5.41) is 3.74. The van der Waals surface area contributed by atoms with Crippen molar-refractivity contribution in [2.45, 2.75) is 26.2 Å². The first-order chi connectivity index (χ1) is 8.02. The average Bonchev–Trinajstić information content (AvgIpc) is 2.80. The zero-order valence-electron chi connectivity index (χ0n) is 10.7. The molecule has 0 amide bonds. The van der Waals surface area contributed by atoms with Crippen LogP contribution in [-0.2, 0) is 5.41 Å². The average molecular weight is 231 g/mol. The van der Waals surface area contributed by atoms with Crippen LogP contribution in [0.5, 0.6) is 5.75 Å². The summed E-state index contributed by atoms with van der Waals surface area (Å²) in [6, 6.07) is 7.99. The van der Waals surface area contributed by atoms with E-state index in [2.05, 4.69) is 38.1 Å². The van der Waals surface area contributed by atoms with Gasteiger partial charge < -0.3 is 9.26 Å². The van der Waals surface area contributed by atoms with Crippen molar-refractivity contribution in [2.75, 3.05) is 7.11 Å². The highest BCUT2D eigenvalue weighted by Gasteiger charge is 2.17. The first kappa shape index (κ1) is 11.7. The Balaban J connectivity index is 2.55. The van der Waals surface area contributed by atoms with Crippen LogP contribution in [0.15, 0.2) is 35.0 Å². The summed E-state index contributed by atoms with van der Waals surface area (Å²) in [5.74, 6) is 1.53. The Morgan fingerprint density at radius 3 is 2.47 bits per heavy atom. The van der Waals surface area contributed by atoms with Crippen molar-refractivity contribution >= 4 is 0 Å². The maximum atomic E-state index is 5.35. The van der Waals surface area contributed by atoms with E-state index in [0.717, 1.165) is 17.1 Å². The van der Waals surface area contributed by atoms with Crippen LogP contribution in [0.25, 0.3) is 11.3 Å². The van der Waals surface area contributed by atoms with Gasteiger partial charge in [0.1, 0.15) is 5.75 Å². The molecule has 0 radical (unpaired) electrons. The Morgan fingerprint density at radius 2 is 1.94 bits per heavy atom. The van der Waals surface area contributed by atoms with E-state index in [-0.39, 0.29) is 5.41 Å². The molecule has 0 aliphatic carbocycles. The Bertz CT molecular complexity index is 495. The number of ether oxygens (including phenoxy) is 1.